The molecule has 0 unspecified atom stereocenters. The summed E-state index contributed by atoms with van der Waals surface area (Å²) in [6.07, 6.45) is -0.0607. The van der Waals surface area contributed by atoms with Crippen molar-refractivity contribution >= 4 is 5.78 Å². The molecule has 0 aliphatic rings. The molecular formula is C22H20O6. The summed E-state index contributed by atoms with van der Waals surface area (Å²) in [5, 5.41) is 30.2. The monoisotopic (exact) mass is 380 g/mol. The molecule has 6 nitrogen and oxygen atoms in total. The first-order valence-electron chi connectivity index (χ1n) is 8.60. The van der Waals surface area contributed by atoms with Crippen LogP contribution in [0.3, 0.4) is 0 Å². The van der Waals surface area contributed by atoms with Gasteiger partial charge in [-0.05, 0) is 23.3 Å². The normalized spacial score (nSPS) is 10.5. The lowest BCUT2D eigenvalue weighted by atomic mass is 10.0. The molecule has 0 aromatic heterocycles. The third-order valence-electron chi connectivity index (χ3n) is 4.22. The fourth-order valence-electron chi connectivity index (χ4n) is 2.82. The minimum atomic E-state index is -0.492. The van der Waals surface area contributed by atoms with Crippen molar-refractivity contribution in [2.75, 3.05) is 7.11 Å². The average Bonchev–Trinajstić information content (AvgIpc) is 2.69. The quantitative estimate of drug-likeness (QED) is 0.539. The lowest BCUT2D eigenvalue weighted by Crippen LogP contribution is -2.06. The first-order valence-corrected chi connectivity index (χ1v) is 8.60. The minimum absolute atomic E-state index is 0.0252. The van der Waals surface area contributed by atoms with E-state index in [9.17, 15) is 20.1 Å². The van der Waals surface area contributed by atoms with Crippen LogP contribution in [0, 0.1) is 0 Å². The van der Waals surface area contributed by atoms with E-state index in [1.165, 1.54) is 25.3 Å². The first kappa shape index (κ1) is 19.1. The van der Waals surface area contributed by atoms with E-state index in [-0.39, 0.29) is 35.8 Å². The van der Waals surface area contributed by atoms with Crippen molar-refractivity contribution in [2.24, 2.45) is 0 Å². The summed E-state index contributed by atoms with van der Waals surface area (Å²) in [4.78, 5) is 12.6. The molecule has 0 aliphatic carbocycles. The van der Waals surface area contributed by atoms with Gasteiger partial charge in [-0.1, -0.05) is 42.5 Å². The maximum absolute atomic E-state index is 12.6. The molecule has 0 aliphatic heterocycles. The zero-order chi connectivity index (χ0) is 20.1. The molecule has 0 atom stereocenters. The fraction of sp³-hybridized carbons (Fsp3) is 0.136. The number of ketones is 1. The highest BCUT2D eigenvalue weighted by molar-refractivity contribution is 6.03. The van der Waals surface area contributed by atoms with Crippen LogP contribution in [0.1, 0.15) is 21.5 Å². The number of hydrogen-bond donors (Lipinski definition) is 3. The third-order valence-corrected chi connectivity index (χ3v) is 4.22. The topological polar surface area (TPSA) is 96.2 Å². The van der Waals surface area contributed by atoms with Gasteiger partial charge in [0.1, 0.15) is 23.7 Å². The lowest BCUT2D eigenvalue weighted by Gasteiger charge is -2.16. The van der Waals surface area contributed by atoms with E-state index in [4.69, 9.17) is 9.47 Å². The van der Waals surface area contributed by atoms with E-state index in [0.29, 0.717) is 5.56 Å². The van der Waals surface area contributed by atoms with Crippen LogP contribution in [-0.2, 0) is 13.0 Å². The second kappa shape index (κ2) is 8.35. The molecule has 0 radical (unpaired) electrons. The number of carbonyl (C=O) groups excluding carboxylic acids is 1. The lowest BCUT2D eigenvalue weighted by molar-refractivity contribution is 0.0986. The Balaban J connectivity index is 1.86. The van der Waals surface area contributed by atoms with Crippen LogP contribution < -0.4 is 9.47 Å². The van der Waals surface area contributed by atoms with Gasteiger partial charge in [0.05, 0.1) is 7.11 Å². The number of phenols is 3. The number of rotatable bonds is 7. The van der Waals surface area contributed by atoms with Gasteiger partial charge in [-0.15, -0.1) is 0 Å². The van der Waals surface area contributed by atoms with Gasteiger partial charge in [0, 0.05) is 12.5 Å². The zero-order valence-electron chi connectivity index (χ0n) is 15.3. The molecule has 0 bridgehead atoms. The molecule has 0 saturated carbocycles. The average molecular weight is 380 g/mol. The second-order valence-electron chi connectivity index (χ2n) is 6.19. The van der Waals surface area contributed by atoms with Gasteiger partial charge in [-0.25, -0.2) is 0 Å². The summed E-state index contributed by atoms with van der Waals surface area (Å²) in [5.41, 5.74) is 1.29. The summed E-state index contributed by atoms with van der Waals surface area (Å²) in [6.45, 7) is 0.205. The molecule has 144 valence electrons. The Hall–Kier alpha value is -3.67. The Kier molecular flexibility index (Phi) is 5.69. The predicted molar refractivity (Wildman–Crippen MR) is 103 cm³/mol. The number of phenolic OH excluding ortho intramolecular Hbond substituents is 3. The zero-order valence-corrected chi connectivity index (χ0v) is 15.3. The molecule has 0 saturated heterocycles. The summed E-state index contributed by atoms with van der Waals surface area (Å²) in [5.74, 6) is -1.18. The number of methoxy groups -OCH3 is 1. The molecule has 0 heterocycles. The number of carbonyl (C=O) groups is 1. The highest BCUT2D eigenvalue weighted by atomic mass is 16.5. The number of Topliss-reactive ketones (excluding diaryl/α,β-unsaturated/α-hetero) is 1. The Morgan fingerprint density at radius 1 is 0.929 bits per heavy atom. The molecule has 0 fully saturated rings. The van der Waals surface area contributed by atoms with Gasteiger partial charge in [0.2, 0.25) is 5.75 Å². The van der Waals surface area contributed by atoms with Crippen LogP contribution in [0.5, 0.6) is 28.7 Å². The van der Waals surface area contributed by atoms with Crippen molar-refractivity contribution in [1.29, 1.82) is 0 Å². The van der Waals surface area contributed by atoms with Crippen LogP contribution in [0.4, 0.5) is 0 Å². The molecule has 3 rings (SSSR count). The smallest absolute Gasteiger partial charge is 0.204 e. The summed E-state index contributed by atoms with van der Waals surface area (Å²) in [6, 6.07) is 16.7. The molecule has 6 heteroatoms. The van der Waals surface area contributed by atoms with Crippen molar-refractivity contribution in [3.63, 3.8) is 0 Å². The Morgan fingerprint density at radius 3 is 2.25 bits per heavy atom. The molecule has 0 spiro atoms. The molecule has 3 aromatic carbocycles. The van der Waals surface area contributed by atoms with Gasteiger partial charge in [0.25, 0.3) is 0 Å². The summed E-state index contributed by atoms with van der Waals surface area (Å²) < 4.78 is 10.9. The first-order chi connectivity index (χ1) is 13.5. The van der Waals surface area contributed by atoms with Crippen molar-refractivity contribution < 1.29 is 29.6 Å². The van der Waals surface area contributed by atoms with E-state index >= 15 is 0 Å². The van der Waals surface area contributed by atoms with E-state index < -0.39 is 17.3 Å². The van der Waals surface area contributed by atoms with Gasteiger partial charge in [-0.3, -0.25) is 4.79 Å². The molecule has 3 aromatic rings. The predicted octanol–water partition coefficient (Wildman–Crippen LogP) is 3.82. The van der Waals surface area contributed by atoms with E-state index in [1.54, 1.807) is 12.1 Å². The van der Waals surface area contributed by atoms with Crippen molar-refractivity contribution in [1.82, 2.24) is 0 Å². The van der Waals surface area contributed by atoms with Crippen LogP contribution in [0.2, 0.25) is 0 Å². The van der Waals surface area contributed by atoms with E-state index in [0.717, 1.165) is 5.56 Å². The van der Waals surface area contributed by atoms with E-state index in [1.807, 2.05) is 30.3 Å². The van der Waals surface area contributed by atoms with Gasteiger partial charge in [0.15, 0.2) is 17.3 Å². The maximum Gasteiger partial charge on any atom is 0.204 e. The highest BCUT2D eigenvalue weighted by Gasteiger charge is 2.24. The summed E-state index contributed by atoms with van der Waals surface area (Å²) in [7, 11) is 1.34. The van der Waals surface area contributed by atoms with Crippen molar-refractivity contribution in [2.45, 2.75) is 13.0 Å². The van der Waals surface area contributed by atoms with Gasteiger partial charge in [-0.2, -0.15) is 0 Å². The van der Waals surface area contributed by atoms with Crippen LogP contribution in [0.25, 0.3) is 0 Å². The highest BCUT2D eigenvalue weighted by Crippen LogP contribution is 2.44. The molecule has 0 amide bonds. The minimum Gasteiger partial charge on any atom is -0.508 e. The number of aromatic hydroxyl groups is 3. The Morgan fingerprint density at radius 2 is 1.61 bits per heavy atom. The standard InChI is InChI=1S/C22H20O6/c1-27-22-19(28-13-15-5-3-2-4-6-15)12-18(25)20(21(22)26)17(24)11-14-7-9-16(23)10-8-14/h2-10,12,23,25-26H,11,13H2,1H3. The van der Waals surface area contributed by atoms with Crippen molar-refractivity contribution in [3.8, 4) is 28.7 Å². The Labute approximate surface area is 162 Å². The van der Waals surface area contributed by atoms with Gasteiger partial charge < -0.3 is 24.8 Å². The van der Waals surface area contributed by atoms with Crippen molar-refractivity contribution in [3.05, 3.63) is 77.4 Å². The van der Waals surface area contributed by atoms with Crippen LogP contribution in [-0.4, -0.2) is 28.2 Å². The third kappa shape index (κ3) is 4.17. The number of benzene rings is 3. The van der Waals surface area contributed by atoms with Gasteiger partial charge >= 0.3 is 0 Å². The number of hydrogen-bond acceptors (Lipinski definition) is 6. The fourth-order valence-corrected chi connectivity index (χ4v) is 2.82. The van der Waals surface area contributed by atoms with Crippen LogP contribution >= 0.6 is 0 Å². The maximum atomic E-state index is 12.6. The SMILES string of the molecule is COc1c(OCc2ccccc2)cc(O)c(C(=O)Cc2ccc(O)cc2)c1O. The van der Waals surface area contributed by atoms with Crippen LogP contribution in [0.15, 0.2) is 60.7 Å². The summed E-state index contributed by atoms with van der Waals surface area (Å²) >= 11 is 0. The molecule has 28 heavy (non-hydrogen) atoms. The number of ether oxygens (including phenoxy) is 2. The molecular weight excluding hydrogens is 360 g/mol. The molecule has 3 N–H and O–H groups in total. The Bertz CT molecular complexity index is 965. The van der Waals surface area contributed by atoms with E-state index in [2.05, 4.69) is 0 Å². The largest absolute Gasteiger partial charge is 0.508 e. The second-order valence-corrected chi connectivity index (χ2v) is 6.19.